The molecule has 2 atom stereocenters. The van der Waals surface area contributed by atoms with E-state index in [9.17, 15) is 13.5 Å². The van der Waals surface area contributed by atoms with Crippen molar-refractivity contribution in [3.8, 4) is 0 Å². The molecule has 4 heteroatoms. The second-order valence-electron chi connectivity index (χ2n) is 4.48. The normalized spacial score (nSPS) is 15.5. The average Bonchev–Trinajstić information content (AvgIpc) is 2.28. The first-order valence-electron chi connectivity index (χ1n) is 5.82. The molecule has 0 bridgehead atoms. The number of sulfone groups is 1. The highest BCUT2D eigenvalue weighted by Gasteiger charge is 2.23. The Hall–Kier alpha value is -0.870. The van der Waals surface area contributed by atoms with E-state index in [1.54, 1.807) is 6.92 Å². The van der Waals surface area contributed by atoms with Gasteiger partial charge in [-0.3, -0.25) is 0 Å². The van der Waals surface area contributed by atoms with Gasteiger partial charge < -0.3 is 5.11 Å². The van der Waals surface area contributed by atoms with Crippen molar-refractivity contribution in [2.45, 2.75) is 37.5 Å². The Bertz CT molecular complexity index is 425. The van der Waals surface area contributed by atoms with Crippen molar-refractivity contribution in [1.82, 2.24) is 0 Å². The van der Waals surface area contributed by atoms with Crippen LogP contribution in [0.5, 0.6) is 0 Å². The second kappa shape index (κ2) is 6.17. The lowest BCUT2D eigenvalue weighted by Gasteiger charge is -2.16. The third kappa shape index (κ3) is 4.88. The number of aliphatic hydroxyl groups excluding tert-OH is 1. The quantitative estimate of drug-likeness (QED) is 0.844. The molecule has 0 saturated heterocycles. The van der Waals surface area contributed by atoms with E-state index in [0.29, 0.717) is 6.42 Å². The van der Waals surface area contributed by atoms with Gasteiger partial charge in [-0.1, -0.05) is 30.3 Å². The molecule has 0 aromatic heterocycles. The maximum atomic E-state index is 11.2. The highest BCUT2D eigenvalue weighted by atomic mass is 32.2. The minimum atomic E-state index is -3.15. The summed E-state index contributed by atoms with van der Waals surface area (Å²) in [5.74, 6) is 0. The van der Waals surface area contributed by atoms with Crippen LogP contribution in [0.1, 0.15) is 25.3 Å². The van der Waals surface area contributed by atoms with E-state index in [2.05, 4.69) is 0 Å². The fourth-order valence-electron chi connectivity index (χ4n) is 1.68. The molecule has 0 aliphatic rings. The fourth-order valence-corrected chi connectivity index (χ4v) is 2.39. The van der Waals surface area contributed by atoms with Crippen LogP contribution in [0.4, 0.5) is 0 Å². The van der Waals surface area contributed by atoms with Crippen molar-refractivity contribution in [2.75, 3.05) is 6.26 Å². The van der Waals surface area contributed by atoms with Gasteiger partial charge in [-0.25, -0.2) is 8.42 Å². The molecular formula is C13H20O3S. The number of aliphatic hydroxyl groups is 1. The van der Waals surface area contributed by atoms with Crippen molar-refractivity contribution >= 4 is 9.84 Å². The van der Waals surface area contributed by atoms with Gasteiger partial charge in [-0.15, -0.1) is 0 Å². The largest absolute Gasteiger partial charge is 0.392 e. The molecule has 1 aromatic rings. The summed E-state index contributed by atoms with van der Waals surface area (Å²) in [6.45, 7) is 1.56. The molecule has 2 unspecified atom stereocenters. The number of rotatable bonds is 6. The molecule has 1 aromatic carbocycles. The van der Waals surface area contributed by atoms with Gasteiger partial charge in [0, 0.05) is 6.26 Å². The maximum Gasteiger partial charge on any atom is 0.152 e. The predicted octanol–water partition coefficient (Wildman–Crippen LogP) is 1.80. The lowest BCUT2D eigenvalue weighted by Crippen LogP contribution is -2.30. The molecular weight excluding hydrogens is 236 g/mol. The number of aryl methyl sites for hydroxylation is 1. The molecule has 0 fully saturated rings. The van der Waals surface area contributed by atoms with Crippen LogP contribution >= 0.6 is 0 Å². The summed E-state index contributed by atoms with van der Waals surface area (Å²) < 4.78 is 22.5. The van der Waals surface area contributed by atoms with Gasteiger partial charge in [0.15, 0.2) is 9.84 Å². The monoisotopic (exact) mass is 256 g/mol. The summed E-state index contributed by atoms with van der Waals surface area (Å²) in [6, 6.07) is 9.98. The summed E-state index contributed by atoms with van der Waals surface area (Å²) >= 11 is 0. The van der Waals surface area contributed by atoms with Crippen LogP contribution in [0.15, 0.2) is 30.3 Å². The summed E-state index contributed by atoms with van der Waals surface area (Å²) in [4.78, 5) is 0. The van der Waals surface area contributed by atoms with Gasteiger partial charge in [0.2, 0.25) is 0 Å². The molecule has 0 aliphatic heterocycles. The Morgan fingerprint density at radius 1 is 1.24 bits per heavy atom. The first-order valence-corrected chi connectivity index (χ1v) is 7.77. The van der Waals surface area contributed by atoms with Crippen LogP contribution in [0.25, 0.3) is 0 Å². The van der Waals surface area contributed by atoms with Crippen molar-refractivity contribution in [3.05, 3.63) is 35.9 Å². The van der Waals surface area contributed by atoms with Gasteiger partial charge in [-0.2, -0.15) is 0 Å². The van der Waals surface area contributed by atoms with Gasteiger partial charge in [-0.05, 0) is 31.7 Å². The van der Waals surface area contributed by atoms with E-state index in [1.165, 1.54) is 5.56 Å². The lowest BCUT2D eigenvalue weighted by atomic mass is 10.0. The van der Waals surface area contributed by atoms with Crippen molar-refractivity contribution in [2.24, 2.45) is 0 Å². The molecule has 0 heterocycles. The molecule has 3 nitrogen and oxygen atoms in total. The Morgan fingerprint density at radius 3 is 2.35 bits per heavy atom. The van der Waals surface area contributed by atoms with Crippen LogP contribution < -0.4 is 0 Å². The Kier molecular flexibility index (Phi) is 5.15. The maximum absolute atomic E-state index is 11.2. The standard InChI is InChI=1S/C13H20O3S/c1-11(17(2,15)16)13(14)10-6-9-12-7-4-3-5-8-12/h3-5,7-8,11,13-14H,6,9-10H2,1-2H3. The zero-order chi connectivity index (χ0) is 12.9. The van der Waals surface area contributed by atoms with Crippen molar-refractivity contribution in [1.29, 1.82) is 0 Å². The molecule has 0 amide bonds. The van der Waals surface area contributed by atoms with E-state index in [1.807, 2.05) is 30.3 Å². The minimum absolute atomic E-state index is 0.517. The Labute approximate surface area is 103 Å². The van der Waals surface area contributed by atoms with Crippen LogP contribution in [0.2, 0.25) is 0 Å². The predicted molar refractivity (Wildman–Crippen MR) is 69.7 cm³/mol. The van der Waals surface area contributed by atoms with E-state index >= 15 is 0 Å². The van der Waals surface area contributed by atoms with E-state index in [4.69, 9.17) is 0 Å². The van der Waals surface area contributed by atoms with E-state index < -0.39 is 21.2 Å². The lowest BCUT2D eigenvalue weighted by molar-refractivity contribution is 0.160. The zero-order valence-corrected chi connectivity index (χ0v) is 11.2. The average molecular weight is 256 g/mol. The van der Waals surface area contributed by atoms with Gasteiger partial charge in [0.05, 0.1) is 11.4 Å². The summed E-state index contributed by atoms with van der Waals surface area (Å²) in [7, 11) is -3.15. The van der Waals surface area contributed by atoms with Gasteiger partial charge in [0.1, 0.15) is 0 Å². The fraction of sp³-hybridized carbons (Fsp3) is 0.538. The summed E-state index contributed by atoms with van der Waals surface area (Å²) in [5, 5.41) is 9.07. The molecule has 1 N–H and O–H groups in total. The van der Waals surface area contributed by atoms with Crippen LogP contribution in [0, 0.1) is 0 Å². The molecule has 96 valence electrons. The second-order valence-corrected chi connectivity index (χ2v) is 6.88. The number of hydrogen-bond donors (Lipinski definition) is 1. The minimum Gasteiger partial charge on any atom is -0.392 e. The Morgan fingerprint density at radius 2 is 1.82 bits per heavy atom. The van der Waals surface area contributed by atoms with Crippen molar-refractivity contribution < 1.29 is 13.5 Å². The van der Waals surface area contributed by atoms with Crippen LogP contribution in [0.3, 0.4) is 0 Å². The first kappa shape index (κ1) is 14.2. The molecule has 0 aliphatic carbocycles. The summed E-state index contributed by atoms with van der Waals surface area (Å²) in [6.07, 6.45) is 2.58. The van der Waals surface area contributed by atoms with Gasteiger partial charge in [0.25, 0.3) is 0 Å². The smallest absolute Gasteiger partial charge is 0.152 e. The molecule has 17 heavy (non-hydrogen) atoms. The van der Waals surface area contributed by atoms with Crippen molar-refractivity contribution in [3.63, 3.8) is 0 Å². The van der Waals surface area contributed by atoms with Crippen LogP contribution in [-0.2, 0) is 16.3 Å². The highest BCUT2D eigenvalue weighted by Crippen LogP contribution is 2.12. The SMILES string of the molecule is CC(C(O)CCCc1ccccc1)S(C)(=O)=O. The highest BCUT2D eigenvalue weighted by molar-refractivity contribution is 7.91. The number of hydrogen-bond acceptors (Lipinski definition) is 3. The summed E-state index contributed by atoms with van der Waals surface area (Å²) in [5.41, 5.74) is 1.21. The topological polar surface area (TPSA) is 54.4 Å². The molecule has 0 spiro atoms. The third-order valence-corrected chi connectivity index (χ3v) is 4.69. The third-order valence-electron chi connectivity index (χ3n) is 3.03. The molecule has 1 rings (SSSR count). The zero-order valence-electron chi connectivity index (χ0n) is 10.3. The number of benzene rings is 1. The first-order chi connectivity index (χ1) is 7.91. The van der Waals surface area contributed by atoms with Crippen LogP contribution in [-0.4, -0.2) is 31.1 Å². The molecule has 0 radical (unpaired) electrons. The van der Waals surface area contributed by atoms with Gasteiger partial charge >= 0.3 is 0 Å². The van der Waals surface area contributed by atoms with E-state index in [0.717, 1.165) is 19.1 Å². The molecule has 0 saturated carbocycles. The Balaban J connectivity index is 2.37. The van der Waals surface area contributed by atoms with E-state index in [-0.39, 0.29) is 0 Å².